The zero-order valence-electron chi connectivity index (χ0n) is 22.0. The summed E-state index contributed by atoms with van der Waals surface area (Å²) in [4.78, 5) is 21.7. The molecule has 1 saturated carbocycles. The number of fused-ring (bicyclic) bond motifs is 1. The number of aromatic amines is 1. The summed E-state index contributed by atoms with van der Waals surface area (Å²) < 4.78 is 37.2. The van der Waals surface area contributed by atoms with E-state index in [1.54, 1.807) is 31.5 Å². The molecule has 0 saturated heterocycles. The first-order chi connectivity index (χ1) is 19.8. The number of nitrogens with one attached hydrogen (secondary N) is 3. The van der Waals surface area contributed by atoms with Gasteiger partial charge in [-0.1, -0.05) is 24.3 Å². The van der Waals surface area contributed by atoms with Crippen molar-refractivity contribution < 1.29 is 23.0 Å². The van der Waals surface area contributed by atoms with Crippen LogP contribution in [-0.4, -0.2) is 51.8 Å². The van der Waals surface area contributed by atoms with E-state index < -0.39 is 17.9 Å². The van der Waals surface area contributed by atoms with Crippen molar-refractivity contribution in [2.75, 3.05) is 19.0 Å². The van der Waals surface area contributed by atoms with Crippen molar-refractivity contribution in [2.45, 2.75) is 24.8 Å². The van der Waals surface area contributed by atoms with Crippen molar-refractivity contribution in [3.8, 4) is 34.0 Å². The summed E-state index contributed by atoms with van der Waals surface area (Å²) in [5.41, 5.74) is 4.22. The number of H-pyrrole nitrogens is 1. The number of benzene rings is 3. The second-order valence-electron chi connectivity index (χ2n) is 9.81. The Labute approximate surface area is 233 Å². The number of nitrogens with zero attached hydrogens (tertiary/aromatic N) is 3. The first-order valence-corrected chi connectivity index (χ1v) is 13.0. The van der Waals surface area contributed by atoms with E-state index in [9.17, 15) is 13.6 Å². The lowest BCUT2D eigenvalue weighted by Gasteiger charge is -2.35. The largest absolute Gasteiger partial charge is 0.497 e. The molecule has 1 aliphatic carbocycles. The lowest BCUT2D eigenvalue weighted by atomic mass is 9.88. The average molecular weight is 557 g/mol. The molecule has 5 aromatic rings. The van der Waals surface area contributed by atoms with E-state index in [2.05, 4.69) is 20.8 Å². The average Bonchev–Trinajstić information content (AvgIpc) is 3.51. The normalized spacial score (nSPS) is 14.3. The molecule has 0 bridgehead atoms. The van der Waals surface area contributed by atoms with E-state index in [0.717, 1.165) is 22.2 Å². The van der Waals surface area contributed by atoms with Gasteiger partial charge in [-0.2, -0.15) is 5.10 Å². The van der Waals surface area contributed by atoms with Crippen molar-refractivity contribution in [2.24, 2.45) is 0 Å². The van der Waals surface area contributed by atoms with Gasteiger partial charge in [0, 0.05) is 47.3 Å². The molecule has 2 aromatic heterocycles. The van der Waals surface area contributed by atoms with Crippen LogP contribution in [-0.2, 0) is 4.79 Å². The van der Waals surface area contributed by atoms with Gasteiger partial charge in [0.05, 0.1) is 18.8 Å². The van der Waals surface area contributed by atoms with Gasteiger partial charge in [-0.05, 0) is 48.0 Å². The van der Waals surface area contributed by atoms with Crippen LogP contribution in [0, 0.1) is 0 Å². The topological polar surface area (TPSA) is 114 Å². The van der Waals surface area contributed by atoms with Gasteiger partial charge >= 0.3 is 0 Å². The predicted molar refractivity (Wildman–Crippen MR) is 150 cm³/mol. The quantitative estimate of drug-likeness (QED) is 0.212. The molecule has 1 fully saturated rings. The molecule has 1 aliphatic rings. The highest BCUT2D eigenvalue weighted by Gasteiger charge is 2.45. The smallest absolute Gasteiger partial charge is 0.258 e. The minimum atomic E-state index is -2.70. The van der Waals surface area contributed by atoms with Gasteiger partial charge in [0.25, 0.3) is 11.8 Å². The van der Waals surface area contributed by atoms with E-state index >= 15 is 0 Å². The number of rotatable bonds is 9. The molecular formula is C30H26F2N6O3. The number of halogens is 2. The summed E-state index contributed by atoms with van der Waals surface area (Å²) in [7, 11) is 1.60. The molecule has 0 atom stereocenters. The fraction of sp³-hybridized carbons (Fsp3) is 0.200. The van der Waals surface area contributed by atoms with E-state index in [-0.39, 0.29) is 19.4 Å². The highest BCUT2D eigenvalue weighted by atomic mass is 19.3. The number of methoxy groups -OCH3 is 1. The summed E-state index contributed by atoms with van der Waals surface area (Å²) in [5.74, 6) is -1.01. The molecule has 0 unspecified atom stereocenters. The van der Waals surface area contributed by atoms with Gasteiger partial charge < -0.3 is 20.1 Å². The monoisotopic (exact) mass is 556 g/mol. The molecule has 0 radical (unpaired) electrons. The number of carbonyl (C=O) groups is 1. The predicted octanol–water partition coefficient (Wildman–Crippen LogP) is 5.73. The molecular weight excluding hydrogens is 530 g/mol. The molecule has 3 aromatic carbocycles. The van der Waals surface area contributed by atoms with Crippen LogP contribution >= 0.6 is 0 Å². The van der Waals surface area contributed by atoms with Gasteiger partial charge in [-0.3, -0.25) is 9.89 Å². The van der Waals surface area contributed by atoms with Crippen molar-refractivity contribution in [1.82, 2.24) is 25.5 Å². The summed E-state index contributed by atoms with van der Waals surface area (Å²) in [6, 6.07) is 20.0. The van der Waals surface area contributed by atoms with Crippen LogP contribution < -0.4 is 20.1 Å². The number of hydrogen-bond donors (Lipinski definition) is 3. The fourth-order valence-electron chi connectivity index (χ4n) is 4.66. The standard InChI is InChI=1S/C30H26F2N6O3/c1-40-23-9-10-26-25(12-23)29(36-21-7-5-18(6-8-21)20-15-33-34-16-20)38-28(37-26)19-3-2-4-24(11-19)41-17-27(39)35-22-13-30(31,32)14-22/h2-12,15-16,22H,13-14,17H2,1H3,(H,33,34)(H,35,39)(H,36,37,38). The molecule has 6 rings (SSSR count). The second kappa shape index (κ2) is 10.8. The Hall–Kier alpha value is -5.06. The Bertz CT molecular complexity index is 1690. The fourth-order valence-corrected chi connectivity index (χ4v) is 4.66. The minimum Gasteiger partial charge on any atom is -0.497 e. The maximum Gasteiger partial charge on any atom is 0.258 e. The lowest BCUT2D eigenvalue weighted by Crippen LogP contribution is -2.51. The zero-order chi connectivity index (χ0) is 28.4. The number of carbonyl (C=O) groups excluding carboxylic acids is 1. The van der Waals surface area contributed by atoms with E-state index in [4.69, 9.17) is 19.4 Å². The van der Waals surface area contributed by atoms with Gasteiger partial charge in [0.1, 0.15) is 17.3 Å². The summed E-state index contributed by atoms with van der Waals surface area (Å²) in [6.45, 7) is -0.286. The summed E-state index contributed by atoms with van der Waals surface area (Å²) in [6.07, 6.45) is 2.91. The third-order valence-electron chi connectivity index (χ3n) is 6.80. The first-order valence-electron chi connectivity index (χ1n) is 13.0. The Morgan fingerprint density at radius 3 is 2.56 bits per heavy atom. The van der Waals surface area contributed by atoms with Crippen molar-refractivity contribution in [1.29, 1.82) is 0 Å². The molecule has 208 valence electrons. The van der Waals surface area contributed by atoms with Crippen LogP contribution in [0.15, 0.2) is 79.1 Å². The van der Waals surface area contributed by atoms with E-state index in [1.165, 1.54) is 0 Å². The summed E-state index contributed by atoms with van der Waals surface area (Å²) >= 11 is 0. The molecule has 9 nitrogen and oxygen atoms in total. The molecule has 3 N–H and O–H groups in total. The number of alkyl halides is 2. The van der Waals surface area contributed by atoms with E-state index in [0.29, 0.717) is 34.2 Å². The Morgan fingerprint density at radius 1 is 1.00 bits per heavy atom. The Balaban J connectivity index is 1.24. The Morgan fingerprint density at radius 2 is 1.83 bits per heavy atom. The van der Waals surface area contributed by atoms with Gasteiger partial charge in [0.15, 0.2) is 12.4 Å². The number of aromatic nitrogens is 4. The van der Waals surface area contributed by atoms with Crippen LogP contribution in [0.5, 0.6) is 11.5 Å². The zero-order valence-corrected chi connectivity index (χ0v) is 22.0. The van der Waals surface area contributed by atoms with Crippen LogP contribution in [0.1, 0.15) is 12.8 Å². The van der Waals surface area contributed by atoms with Gasteiger partial charge in [-0.15, -0.1) is 0 Å². The minimum absolute atomic E-state index is 0.286. The van der Waals surface area contributed by atoms with Crippen LogP contribution in [0.2, 0.25) is 0 Å². The molecule has 2 heterocycles. The maximum atomic E-state index is 13.0. The highest BCUT2D eigenvalue weighted by molar-refractivity contribution is 5.93. The number of hydrogen-bond acceptors (Lipinski definition) is 7. The van der Waals surface area contributed by atoms with Crippen molar-refractivity contribution in [3.63, 3.8) is 0 Å². The Kier molecular flexibility index (Phi) is 6.92. The van der Waals surface area contributed by atoms with Crippen LogP contribution in [0.3, 0.4) is 0 Å². The second-order valence-corrected chi connectivity index (χ2v) is 9.81. The summed E-state index contributed by atoms with van der Waals surface area (Å²) in [5, 5.41) is 13.6. The van der Waals surface area contributed by atoms with E-state index in [1.807, 2.05) is 54.7 Å². The molecule has 1 amide bonds. The number of amides is 1. The maximum absolute atomic E-state index is 13.0. The van der Waals surface area contributed by atoms with Crippen LogP contribution in [0.4, 0.5) is 20.3 Å². The number of ether oxygens (including phenoxy) is 2. The van der Waals surface area contributed by atoms with Crippen LogP contribution in [0.25, 0.3) is 33.4 Å². The molecule has 0 spiro atoms. The third kappa shape index (κ3) is 5.93. The SMILES string of the molecule is COc1ccc2nc(-c3cccc(OCC(=O)NC4CC(F)(F)C4)c3)nc(Nc3ccc(-c4cn[nH]c4)cc3)c2c1. The van der Waals surface area contributed by atoms with Gasteiger partial charge in [0.2, 0.25) is 0 Å². The molecule has 41 heavy (non-hydrogen) atoms. The first kappa shape index (κ1) is 26.2. The number of anilines is 2. The van der Waals surface area contributed by atoms with Crippen molar-refractivity contribution in [3.05, 3.63) is 79.1 Å². The third-order valence-corrected chi connectivity index (χ3v) is 6.80. The molecule has 11 heteroatoms. The molecule has 0 aliphatic heterocycles. The van der Waals surface area contributed by atoms with Crippen molar-refractivity contribution >= 4 is 28.3 Å². The lowest BCUT2D eigenvalue weighted by molar-refractivity contribution is -0.131. The van der Waals surface area contributed by atoms with Gasteiger partial charge in [-0.25, -0.2) is 18.7 Å². The highest BCUT2D eigenvalue weighted by Crippen LogP contribution is 2.37.